The summed E-state index contributed by atoms with van der Waals surface area (Å²) in [5, 5.41) is 15.8. The summed E-state index contributed by atoms with van der Waals surface area (Å²) < 4.78 is 0. The number of unbranched alkanes of at least 4 members (excludes halogenated alkanes) is 1. The largest absolute Gasteiger partial charge is 0.480 e. The van der Waals surface area contributed by atoms with Crippen LogP contribution in [0.4, 0.5) is 0 Å². The second kappa shape index (κ2) is 14.4. The number of amides is 4. The third-order valence-electron chi connectivity index (χ3n) is 7.15. The number of hydrogen-bond donors (Lipinski definition) is 7. The fourth-order valence-electron chi connectivity index (χ4n) is 4.95. The van der Waals surface area contributed by atoms with Crippen LogP contribution in [0.15, 0.2) is 30.5 Å². The summed E-state index contributed by atoms with van der Waals surface area (Å²) in [6, 6.07) is 3.27. The summed E-state index contributed by atoms with van der Waals surface area (Å²) in [7, 11) is 0. The monoisotopic (exact) mass is 557 g/mol. The number of primary amides is 1. The third-order valence-corrected chi connectivity index (χ3v) is 7.15. The van der Waals surface area contributed by atoms with Crippen molar-refractivity contribution in [3.63, 3.8) is 0 Å². The number of carbonyl (C=O) groups is 5. The zero-order chi connectivity index (χ0) is 29.2. The number of nitrogens with zero attached hydrogens (tertiary/aromatic N) is 1. The number of carboxylic acids is 1. The molecule has 13 nitrogen and oxygen atoms in total. The van der Waals surface area contributed by atoms with Crippen LogP contribution in [-0.2, 0) is 30.4 Å². The first kappa shape index (κ1) is 30.6. The maximum absolute atomic E-state index is 13.7. The first-order chi connectivity index (χ1) is 19.1. The number of rotatable bonds is 15. The van der Waals surface area contributed by atoms with Gasteiger partial charge in [-0.3, -0.25) is 19.2 Å². The number of para-hydroxylation sites is 1. The van der Waals surface area contributed by atoms with Crippen molar-refractivity contribution >= 4 is 40.5 Å². The first-order valence-corrected chi connectivity index (χ1v) is 13.5. The van der Waals surface area contributed by atoms with Crippen molar-refractivity contribution in [3.8, 4) is 0 Å². The zero-order valence-corrected chi connectivity index (χ0v) is 22.4. The number of benzene rings is 1. The number of aliphatic carboxylic acids is 1. The number of carboxylic acid groups (broad SMARTS) is 1. The third kappa shape index (κ3) is 8.02. The van der Waals surface area contributed by atoms with Crippen LogP contribution in [0, 0.1) is 0 Å². The van der Waals surface area contributed by atoms with E-state index in [1.807, 2.05) is 24.3 Å². The summed E-state index contributed by atoms with van der Waals surface area (Å²) in [5.41, 5.74) is 18.4. The van der Waals surface area contributed by atoms with Crippen LogP contribution in [0.5, 0.6) is 0 Å². The molecule has 10 N–H and O–H groups in total. The van der Waals surface area contributed by atoms with E-state index in [2.05, 4.69) is 15.6 Å². The second-order valence-electron chi connectivity index (χ2n) is 10.1. The lowest BCUT2D eigenvalue weighted by Crippen LogP contribution is -2.57. The lowest BCUT2D eigenvalue weighted by atomic mass is 10.0. The van der Waals surface area contributed by atoms with E-state index < -0.39 is 53.8 Å². The van der Waals surface area contributed by atoms with Crippen LogP contribution in [0.25, 0.3) is 10.9 Å². The average Bonchev–Trinajstić information content (AvgIpc) is 3.58. The molecule has 4 atom stereocenters. The Morgan fingerprint density at radius 1 is 1.05 bits per heavy atom. The second-order valence-corrected chi connectivity index (χ2v) is 10.1. The van der Waals surface area contributed by atoms with E-state index in [1.165, 1.54) is 4.90 Å². The van der Waals surface area contributed by atoms with Gasteiger partial charge in [0.15, 0.2) is 0 Å². The van der Waals surface area contributed by atoms with Gasteiger partial charge < -0.3 is 42.8 Å². The van der Waals surface area contributed by atoms with E-state index in [4.69, 9.17) is 17.2 Å². The highest BCUT2D eigenvalue weighted by Gasteiger charge is 2.38. The molecular formula is C27H39N7O6. The minimum absolute atomic E-state index is 0.0759. The van der Waals surface area contributed by atoms with E-state index in [1.54, 1.807) is 6.20 Å². The molecule has 218 valence electrons. The molecular weight excluding hydrogens is 518 g/mol. The zero-order valence-electron chi connectivity index (χ0n) is 22.4. The first-order valence-electron chi connectivity index (χ1n) is 13.5. The molecule has 4 amide bonds. The van der Waals surface area contributed by atoms with Gasteiger partial charge in [0, 0.05) is 36.5 Å². The van der Waals surface area contributed by atoms with Gasteiger partial charge in [0.25, 0.3) is 0 Å². The minimum Gasteiger partial charge on any atom is -0.480 e. The molecule has 4 unspecified atom stereocenters. The fraction of sp³-hybridized carbons (Fsp3) is 0.519. The molecule has 1 fully saturated rings. The van der Waals surface area contributed by atoms with Gasteiger partial charge in [0.05, 0.1) is 6.04 Å². The Bertz CT molecular complexity index is 1210. The smallest absolute Gasteiger partial charge is 0.326 e. The van der Waals surface area contributed by atoms with E-state index in [0.717, 1.165) is 16.5 Å². The highest BCUT2D eigenvalue weighted by atomic mass is 16.4. The predicted octanol–water partition coefficient (Wildman–Crippen LogP) is -0.523. The van der Waals surface area contributed by atoms with Crippen molar-refractivity contribution < 1.29 is 29.1 Å². The Hall–Kier alpha value is -3.97. The minimum atomic E-state index is -1.19. The van der Waals surface area contributed by atoms with Crippen molar-refractivity contribution in [1.82, 2.24) is 20.5 Å². The molecule has 0 bridgehead atoms. The van der Waals surface area contributed by atoms with E-state index in [9.17, 15) is 29.1 Å². The van der Waals surface area contributed by atoms with Gasteiger partial charge in [-0.2, -0.15) is 0 Å². The number of hydrogen-bond acceptors (Lipinski definition) is 7. The highest BCUT2D eigenvalue weighted by molar-refractivity contribution is 5.95. The number of aromatic nitrogens is 1. The molecule has 2 aromatic rings. The molecule has 13 heteroatoms. The molecule has 0 saturated carbocycles. The molecule has 1 aromatic heterocycles. The number of carbonyl (C=O) groups excluding carboxylic acids is 4. The summed E-state index contributed by atoms with van der Waals surface area (Å²) in [4.78, 5) is 67.6. The van der Waals surface area contributed by atoms with Crippen molar-refractivity contribution in [1.29, 1.82) is 0 Å². The molecule has 2 heterocycles. The number of nitrogens with one attached hydrogen (secondary N) is 3. The fourth-order valence-corrected chi connectivity index (χ4v) is 4.95. The number of H-pyrrole nitrogens is 1. The molecule has 0 radical (unpaired) electrons. The lowest BCUT2D eigenvalue weighted by molar-refractivity contribution is -0.149. The van der Waals surface area contributed by atoms with E-state index >= 15 is 0 Å². The Morgan fingerprint density at radius 2 is 1.77 bits per heavy atom. The van der Waals surface area contributed by atoms with Crippen LogP contribution in [0.2, 0.25) is 0 Å². The van der Waals surface area contributed by atoms with Gasteiger partial charge in [0.2, 0.25) is 23.6 Å². The van der Waals surface area contributed by atoms with Gasteiger partial charge in [-0.1, -0.05) is 24.6 Å². The predicted molar refractivity (Wildman–Crippen MR) is 148 cm³/mol. The van der Waals surface area contributed by atoms with Gasteiger partial charge in [-0.25, -0.2) is 4.79 Å². The number of aromatic amines is 1. The quantitative estimate of drug-likeness (QED) is 0.141. The van der Waals surface area contributed by atoms with Gasteiger partial charge >= 0.3 is 5.97 Å². The SMILES string of the molecule is NCCCCC(N)C(=O)NC(CCC(N)=O)C(=O)NC(Cc1c[nH]c2ccccc12)C(=O)N1CCCC1C(=O)O. The summed E-state index contributed by atoms with van der Waals surface area (Å²) >= 11 is 0. The van der Waals surface area contributed by atoms with Gasteiger partial charge in [-0.15, -0.1) is 0 Å². The van der Waals surface area contributed by atoms with Crippen molar-refractivity contribution in [2.24, 2.45) is 17.2 Å². The standard InChI is InChI=1S/C27H39N7O6/c28-12-4-3-7-18(29)24(36)32-20(10-11-23(30)35)25(37)33-21(26(38)34-13-5-9-22(34)27(39)40)14-16-15-31-19-8-2-1-6-17(16)19/h1-2,6,8,15,18,20-22,31H,3-5,7,9-14,28-29H2,(H2,30,35)(H,32,36)(H,33,37)(H,39,40). The molecule has 1 saturated heterocycles. The molecule has 1 aliphatic heterocycles. The number of nitrogens with two attached hydrogens (primary N) is 3. The van der Waals surface area contributed by atoms with Crippen molar-refractivity contribution in [3.05, 3.63) is 36.0 Å². The summed E-state index contributed by atoms with van der Waals surface area (Å²) in [6.07, 6.45) is 4.05. The molecule has 1 aromatic carbocycles. The summed E-state index contributed by atoms with van der Waals surface area (Å²) in [6.45, 7) is 0.707. The Morgan fingerprint density at radius 3 is 2.48 bits per heavy atom. The topological polar surface area (TPSA) is 227 Å². The van der Waals surface area contributed by atoms with Crippen LogP contribution in [0.1, 0.15) is 50.5 Å². The summed E-state index contributed by atoms with van der Waals surface area (Å²) in [5.74, 6) is -3.59. The van der Waals surface area contributed by atoms with Gasteiger partial charge in [0.1, 0.15) is 18.1 Å². The highest BCUT2D eigenvalue weighted by Crippen LogP contribution is 2.23. The molecule has 0 aliphatic carbocycles. The van der Waals surface area contributed by atoms with E-state index in [-0.39, 0.29) is 25.8 Å². The molecule has 1 aliphatic rings. The van der Waals surface area contributed by atoms with Gasteiger partial charge in [-0.05, 0) is 50.3 Å². The average molecular weight is 558 g/mol. The Labute approximate surface area is 232 Å². The molecule has 0 spiro atoms. The van der Waals surface area contributed by atoms with Crippen molar-refractivity contribution in [2.45, 2.75) is 75.5 Å². The van der Waals surface area contributed by atoms with E-state index in [0.29, 0.717) is 38.6 Å². The number of likely N-dealkylation sites (tertiary alicyclic amines) is 1. The maximum atomic E-state index is 13.7. The number of fused-ring (bicyclic) bond motifs is 1. The normalized spacial score (nSPS) is 17.2. The molecule has 3 rings (SSSR count). The van der Waals surface area contributed by atoms with Crippen LogP contribution in [0.3, 0.4) is 0 Å². The Balaban J connectivity index is 1.83. The Kier molecular flexibility index (Phi) is 11.0. The molecule has 40 heavy (non-hydrogen) atoms. The maximum Gasteiger partial charge on any atom is 0.326 e. The lowest BCUT2D eigenvalue weighted by Gasteiger charge is -2.29. The van der Waals surface area contributed by atoms with Crippen LogP contribution in [-0.4, -0.2) is 81.8 Å². The van der Waals surface area contributed by atoms with Crippen LogP contribution >= 0.6 is 0 Å². The van der Waals surface area contributed by atoms with Crippen LogP contribution < -0.4 is 27.8 Å². The van der Waals surface area contributed by atoms with Crippen molar-refractivity contribution in [2.75, 3.05) is 13.1 Å².